The first-order chi connectivity index (χ1) is 8.99. The van der Waals surface area contributed by atoms with Gasteiger partial charge in [-0.2, -0.15) is 0 Å². The normalized spacial score (nSPS) is 18.3. The summed E-state index contributed by atoms with van der Waals surface area (Å²) in [6, 6.07) is 0. The van der Waals surface area contributed by atoms with E-state index in [2.05, 4.69) is 10.1 Å². The molecule has 0 radical (unpaired) electrons. The molecule has 0 saturated carbocycles. The monoisotopic (exact) mass is 296 g/mol. The summed E-state index contributed by atoms with van der Waals surface area (Å²) in [7, 11) is 0. The molecule has 0 aromatic carbocycles. The first kappa shape index (κ1) is 16.2. The molecule has 0 aromatic rings. The molecule has 0 bridgehead atoms. The fraction of sp³-hybridized carbons (Fsp3) is 0.818. The van der Waals surface area contributed by atoms with E-state index in [1.165, 1.54) is 0 Å². The van der Waals surface area contributed by atoms with E-state index in [4.69, 9.17) is 22.7 Å². The van der Waals surface area contributed by atoms with Gasteiger partial charge in [0.25, 0.3) is 6.43 Å². The highest BCUT2D eigenvalue weighted by Gasteiger charge is 2.42. The first-order valence-electron chi connectivity index (χ1n) is 6.01. The van der Waals surface area contributed by atoms with E-state index in [1.807, 2.05) is 0 Å². The van der Waals surface area contributed by atoms with Gasteiger partial charge in [0.2, 0.25) is 5.91 Å². The van der Waals surface area contributed by atoms with Crippen molar-refractivity contribution in [2.24, 2.45) is 11.1 Å². The van der Waals surface area contributed by atoms with Crippen molar-refractivity contribution in [2.75, 3.05) is 33.0 Å². The van der Waals surface area contributed by atoms with Gasteiger partial charge in [-0.05, 0) is 12.8 Å². The zero-order valence-corrected chi connectivity index (χ0v) is 11.3. The third kappa shape index (κ3) is 4.63. The van der Waals surface area contributed by atoms with E-state index < -0.39 is 18.4 Å². The molecule has 0 spiro atoms. The van der Waals surface area contributed by atoms with Gasteiger partial charge < -0.3 is 20.5 Å². The van der Waals surface area contributed by atoms with Crippen molar-refractivity contribution in [1.82, 2.24) is 5.32 Å². The molecular weight excluding hydrogens is 278 g/mol. The Morgan fingerprint density at radius 2 is 2.11 bits per heavy atom. The van der Waals surface area contributed by atoms with Crippen LogP contribution in [0.1, 0.15) is 12.8 Å². The van der Waals surface area contributed by atoms with Crippen LogP contribution in [0.4, 0.5) is 8.78 Å². The highest BCUT2D eigenvalue weighted by Crippen LogP contribution is 2.31. The molecule has 1 aliphatic rings. The molecule has 1 rings (SSSR count). The molecule has 1 aliphatic heterocycles. The lowest BCUT2D eigenvalue weighted by Crippen LogP contribution is -2.52. The van der Waals surface area contributed by atoms with Gasteiger partial charge in [0.15, 0.2) is 0 Å². The van der Waals surface area contributed by atoms with Crippen LogP contribution in [0.25, 0.3) is 0 Å². The third-order valence-electron chi connectivity index (χ3n) is 3.03. The van der Waals surface area contributed by atoms with Gasteiger partial charge in [0, 0.05) is 19.8 Å². The number of ether oxygens (including phenoxy) is 2. The number of nitrogens with two attached hydrogens (primary N) is 1. The molecule has 1 heterocycles. The Morgan fingerprint density at radius 1 is 1.47 bits per heavy atom. The lowest BCUT2D eigenvalue weighted by molar-refractivity contribution is -0.131. The highest BCUT2D eigenvalue weighted by atomic mass is 32.1. The number of alkyl halides is 2. The van der Waals surface area contributed by atoms with Gasteiger partial charge in [-0.25, -0.2) is 8.78 Å². The van der Waals surface area contributed by atoms with Crippen molar-refractivity contribution < 1.29 is 23.0 Å². The van der Waals surface area contributed by atoms with Crippen molar-refractivity contribution in [3.05, 3.63) is 0 Å². The summed E-state index contributed by atoms with van der Waals surface area (Å²) in [5, 5.41) is 2.62. The van der Waals surface area contributed by atoms with Crippen LogP contribution in [-0.2, 0) is 14.3 Å². The number of halogens is 2. The van der Waals surface area contributed by atoms with Gasteiger partial charge in [-0.1, -0.05) is 12.2 Å². The maximum Gasteiger partial charge on any atom is 0.261 e. The SMILES string of the molecule is NC(=S)C1(C(=O)NCCOCC(F)F)CCOCC1. The van der Waals surface area contributed by atoms with Crippen LogP contribution in [0.3, 0.4) is 0 Å². The Labute approximate surface area is 115 Å². The van der Waals surface area contributed by atoms with E-state index in [0.717, 1.165) is 0 Å². The van der Waals surface area contributed by atoms with E-state index >= 15 is 0 Å². The Bertz CT molecular complexity index is 323. The number of hydrogen-bond donors (Lipinski definition) is 2. The second kappa shape index (κ2) is 7.66. The summed E-state index contributed by atoms with van der Waals surface area (Å²) < 4.78 is 33.5. The first-order valence-corrected chi connectivity index (χ1v) is 6.42. The van der Waals surface area contributed by atoms with E-state index in [-0.39, 0.29) is 24.0 Å². The summed E-state index contributed by atoms with van der Waals surface area (Å²) >= 11 is 4.97. The molecule has 3 N–H and O–H groups in total. The largest absolute Gasteiger partial charge is 0.392 e. The molecule has 19 heavy (non-hydrogen) atoms. The minimum Gasteiger partial charge on any atom is -0.392 e. The molecule has 1 saturated heterocycles. The van der Waals surface area contributed by atoms with Crippen LogP contribution in [0.5, 0.6) is 0 Å². The number of nitrogens with one attached hydrogen (secondary N) is 1. The summed E-state index contributed by atoms with van der Waals surface area (Å²) in [6.45, 7) is 0.389. The number of amides is 1. The predicted molar refractivity (Wildman–Crippen MR) is 69.1 cm³/mol. The number of rotatable bonds is 7. The van der Waals surface area contributed by atoms with Crippen molar-refractivity contribution >= 4 is 23.1 Å². The molecule has 0 aromatic heterocycles. The average molecular weight is 296 g/mol. The van der Waals surface area contributed by atoms with Crippen molar-refractivity contribution in [2.45, 2.75) is 19.3 Å². The third-order valence-corrected chi connectivity index (χ3v) is 3.42. The van der Waals surface area contributed by atoms with Gasteiger partial charge in [-0.3, -0.25) is 4.79 Å². The second-order valence-electron chi connectivity index (χ2n) is 4.28. The fourth-order valence-corrected chi connectivity index (χ4v) is 2.18. The van der Waals surface area contributed by atoms with Crippen LogP contribution in [0.2, 0.25) is 0 Å². The molecule has 1 fully saturated rings. The van der Waals surface area contributed by atoms with Gasteiger partial charge in [0.1, 0.15) is 12.0 Å². The summed E-state index contributed by atoms with van der Waals surface area (Å²) in [6.07, 6.45) is -1.63. The second-order valence-corrected chi connectivity index (χ2v) is 4.72. The van der Waals surface area contributed by atoms with E-state index in [1.54, 1.807) is 0 Å². The van der Waals surface area contributed by atoms with Crippen LogP contribution in [0, 0.1) is 5.41 Å². The summed E-state index contributed by atoms with van der Waals surface area (Å²) in [5.41, 5.74) is 4.77. The average Bonchev–Trinajstić information content (AvgIpc) is 2.38. The lowest BCUT2D eigenvalue weighted by Gasteiger charge is -2.34. The maximum atomic E-state index is 12.1. The number of thiocarbonyl (C=S) groups is 1. The molecule has 0 aliphatic carbocycles. The zero-order valence-electron chi connectivity index (χ0n) is 10.5. The lowest BCUT2D eigenvalue weighted by atomic mass is 9.79. The Balaban J connectivity index is 2.39. The van der Waals surface area contributed by atoms with Crippen LogP contribution in [0.15, 0.2) is 0 Å². The zero-order chi connectivity index (χ0) is 14.3. The Morgan fingerprint density at radius 3 is 2.63 bits per heavy atom. The van der Waals surface area contributed by atoms with Gasteiger partial charge in [0.05, 0.1) is 11.6 Å². The summed E-state index contributed by atoms with van der Waals surface area (Å²) in [4.78, 5) is 12.3. The van der Waals surface area contributed by atoms with Crippen LogP contribution < -0.4 is 11.1 Å². The van der Waals surface area contributed by atoms with Gasteiger partial charge in [-0.15, -0.1) is 0 Å². The Kier molecular flexibility index (Phi) is 6.53. The molecule has 0 unspecified atom stereocenters. The highest BCUT2D eigenvalue weighted by molar-refractivity contribution is 7.80. The molecule has 1 amide bonds. The molecule has 110 valence electrons. The van der Waals surface area contributed by atoms with Crippen LogP contribution in [-0.4, -0.2) is 50.3 Å². The van der Waals surface area contributed by atoms with Crippen LogP contribution >= 0.6 is 12.2 Å². The number of carbonyl (C=O) groups is 1. The quantitative estimate of drug-likeness (QED) is 0.528. The minimum atomic E-state index is -2.51. The molecule has 8 heteroatoms. The number of hydrogen-bond acceptors (Lipinski definition) is 4. The summed E-state index contributed by atoms with van der Waals surface area (Å²) in [5.74, 6) is -0.288. The van der Waals surface area contributed by atoms with Gasteiger partial charge >= 0.3 is 0 Å². The Hall–Kier alpha value is -0.860. The molecule has 5 nitrogen and oxygen atoms in total. The van der Waals surface area contributed by atoms with E-state index in [9.17, 15) is 13.6 Å². The molecule has 0 atom stereocenters. The smallest absolute Gasteiger partial charge is 0.261 e. The molecular formula is C11H18F2N2O3S. The maximum absolute atomic E-state index is 12.1. The standard InChI is InChI=1S/C11H18F2N2O3S/c12-8(13)7-18-6-3-15-10(16)11(9(14)19)1-4-17-5-2-11/h8H,1-7H2,(H2,14,19)(H,15,16). The van der Waals surface area contributed by atoms with Crippen molar-refractivity contribution in [3.8, 4) is 0 Å². The minimum absolute atomic E-state index is 0.0278. The van der Waals surface area contributed by atoms with E-state index in [0.29, 0.717) is 26.1 Å². The topological polar surface area (TPSA) is 73.6 Å². The predicted octanol–water partition coefficient (Wildman–Crippen LogP) is 0.467. The van der Waals surface area contributed by atoms with Crippen molar-refractivity contribution in [3.63, 3.8) is 0 Å². The fourth-order valence-electron chi connectivity index (χ4n) is 1.88. The number of carbonyl (C=O) groups excluding carboxylic acids is 1. The van der Waals surface area contributed by atoms with Crippen molar-refractivity contribution in [1.29, 1.82) is 0 Å².